The number of ether oxygens (including phenoxy) is 2. The van der Waals surface area contributed by atoms with Gasteiger partial charge in [-0.25, -0.2) is 4.79 Å². The zero-order valence-electron chi connectivity index (χ0n) is 13.1. The van der Waals surface area contributed by atoms with Gasteiger partial charge in [-0.15, -0.1) is 0 Å². The van der Waals surface area contributed by atoms with Gasteiger partial charge in [-0.05, 0) is 49.4 Å². The van der Waals surface area contributed by atoms with Crippen molar-refractivity contribution in [3.05, 3.63) is 58.7 Å². The third kappa shape index (κ3) is 2.60. The summed E-state index contributed by atoms with van der Waals surface area (Å²) >= 11 is 0. The summed E-state index contributed by atoms with van der Waals surface area (Å²) in [6.07, 6.45) is 10.0. The number of hydrogen-bond donors (Lipinski definition) is 1. The summed E-state index contributed by atoms with van der Waals surface area (Å²) in [7, 11) is 5.53. The van der Waals surface area contributed by atoms with Crippen LogP contribution < -0.4 is 5.32 Å². The van der Waals surface area contributed by atoms with Crippen molar-refractivity contribution in [3.8, 4) is 0 Å². The van der Waals surface area contributed by atoms with Crippen LogP contribution in [0, 0.1) is 0 Å². The molecule has 0 aromatic rings. The standard InChI is InChI=1S/C17H20N2O3/c1-19(2)15-7-12-9-18-8-11-6-13(4-5-16(20)21-3)22-10-14(15)17(11)12/h4-6,8-9,15,18H,7,10H2,1-3H3. The second-order valence-electron chi connectivity index (χ2n) is 5.71. The van der Waals surface area contributed by atoms with Crippen LogP contribution in [0.15, 0.2) is 58.7 Å². The molecule has 3 rings (SSSR count). The highest BCUT2D eigenvalue weighted by Gasteiger charge is 2.34. The van der Waals surface area contributed by atoms with E-state index in [1.54, 1.807) is 6.08 Å². The Morgan fingerprint density at radius 3 is 3.00 bits per heavy atom. The van der Waals surface area contributed by atoms with Gasteiger partial charge in [0.05, 0.1) is 7.11 Å². The van der Waals surface area contributed by atoms with E-state index < -0.39 is 5.97 Å². The molecule has 0 saturated heterocycles. The van der Waals surface area contributed by atoms with E-state index >= 15 is 0 Å². The van der Waals surface area contributed by atoms with Crippen LogP contribution in [0.5, 0.6) is 0 Å². The smallest absolute Gasteiger partial charge is 0.330 e. The lowest BCUT2D eigenvalue weighted by Crippen LogP contribution is -2.29. The third-order valence-corrected chi connectivity index (χ3v) is 4.14. The lowest BCUT2D eigenvalue weighted by atomic mass is 9.97. The molecule has 0 fully saturated rings. The SMILES string of the molecule is COC(=O)C=CC1=CC2=CNC=C3CC(N(C)C)C(=C23)CO1. The number of methoxy groups -OCH3 is 1. The monoisotopic (exact) mass is 300 g/mol. The molecule has 2 aliphatic heterocycles. The minimum atomic E-state index is -0.392. The minimum absolute atomic E-state index is 0.349. The maximum Gasteiger partial charge on any atom is 0.330 e. The predicted molar refractivity (Wildman–Crippen MR) is 83.6 cm³/mol. The van der Waals surface area contributed by atoms with Gasteiger partial charge in [0.15, 0.2) is 0 Å². The summed E-state index contributed by atoms with van der Waals surface area (Å²) < 4.78 is 10.5. The fourth-order valence-corrected chi connectivity index (χ4v) is 3.06. The number of nitrogens with one attached hydrogen (secondary N) is 1. The summed E-state index contributed by atoms with van der Waals surface area (Å²) in [5.74, 6) is 0.267. The second-order valence-corrected chi connectivity index (χ2v) is 5.71. The summed E-state index contributed by atoms with van der Waals surface area (Å²) in [5.41, 5.74) is 4.98. The lowest BCUT2D eigenvalue weighted by molar-refractivity contribution is -0.134. The number of hydrogen-bond acceptors (Lipinski definition) is 5. The fourth-order valence-electron chi connectivity index (χ4n) is 3.06. The first-order valence-corrected chi connectivity index (χ1v) is 7.26. The van der Waals surface area contributed by atoms with Crippen molar-refractivity contribution >= 4 is 5.97 Å². The van der Waals surface area contributed by atoms with Crippen molar-refractivity contribution in [1.82, 2.24) is 10.2 Å². The highest BCUT2D eigenvalue weighted by molar-refractivity contribution is 5.82. The number of dihydropyridines is 1. The van der Waals surface area contributed by atoms with Crippen LogP contribution in [-0.2, 0) is 14.3 Å². The van der Waals surface area contributed by atoms with Crippen LogP contribution >= 0.6 is 0 Å². The van der Waals surface area contributed by atoms with Gasteiger partial charge in [0, 0.05) is 30.1 Å². The zero-order chi connectivity index (χ0) is 15.7. The summed E-state index contributed by atoms with van der Waals surface area (Å²) in [5, 5.41) is 3.20. The van der Waals surface area contributed by atoms with Gasteiger partial charge in [-0.3, -0.25) is 0 Å². The number of esters is 1. The molecule has 1 aliphatic carbocycles. The molecule has 1 unspecified atom stereocenters. The molecule has 0 amide bonds. The third-order valence-electron chi connectivity index (χ3n) is 4.14. The van der Waals surface area contributed by atoms with Crippen LogP contribution in [-0.4, -0.2) is 44.7 Å². The molecule has 2 heterocycles. The van der Waals surface area contributed by atoms with Crippen molar-refractivity contribution < 1.29 is 14.3 Å². The van der Waals surface area contributed by atoms with E-state index in [0.29, 0.717) is 18.4 Å². The lowest BCUT2D eigenvalue weighted by Gasteiger charge is -2.22. The molecule has 116 valence electrons. The van der Waals surface area contributed by atoms with E-state index in [-0.39, 0.29) is 0 Å². The van der Waals surface area contributed by atoms with Crippen molar-refractivity contribution in [1.29, 1.82) is 0 Å². The Kier molecular flexibility index (Phi) is 3.90. The molecule has 0 aromatic heterocycles. The summed E-state index contributed by atoms with van der Waals surface area (Å²) in [6, 6.07) is 0.349. The van der Waals surface area contributed by atoms with Crippen LogP contribution in [0.2, 0.25) is 0 Å². The normalized spacial score (nSPS) is 23.3. The second kappa shape index (κ2) is 5.85. The number of rotatable bonds is 3. The number of likely N-dealkylation sites (N-methyl/N-ethyl adjacent to an activating group) is 1. The van der Waals surface area contributed by atoms with Gasteiger partial charge < -0.3 is 19.7 Å². The predicted octanol–water partition coefficient (Wildman–Crippen LogP) is 1.63. The molecule has 3 aliphatic rings. The Hall–Kier alpha value is -2.27. The molecule has 1 atom stereocenters. The van der Waals surface area contributed by atoms with Crippen LogP contribution in [0.1, 0.15) is 6.42 Å². The average molecular weight is 300 g/mol. The van der Waals surface area contributed by atoms with Crippen LogP contribution in [0.4, 0.5) is 0 Å². The van der Waals surface area contributed by atoms with Gasteiger partial charge in [0.25, 0.3) is 0 Å². The highest BCUT2D eigenvalue weighted by atomic mass is 16.5. The van der Waals surface area contributed by atoms with Crippen molar-refractivity contribution in [2.45, 2.75) is 12.5 Å². The van der Waals surface area contributed by atoms with Gasteiger partial charge in [-0.2, -0.15) is 0 Å². The maximum atomic E-state index is 11.2. The molecule has 0 bridgehead atoms. The Morgan fingerprint density at radius 2 is 2.27 bits per heavy atom. The molecule has 1 N–H and O–H groups in total. The largest absolute Gasteiger partial charge is 0.489 e. The van der Waals surface area contributed by atoms with Crippen molar-refractivity contribution in [2.75, 3.05) is 27.8 Å². The first-order chi connectivity index (χ1) is 10.6. The highest BCUT2D eigenvalue weighted by Crippen LogP contribution is 2.41. The first-order valence-electron chi connectivity index (χ1n) is 7.26. The summed E-state index contributed by atoms with van der Waals surface area (Å²) in [4.78, 5) is 13.5. The van der Waals surface area contributed by atoms with E-state index in [1.165, 1.54) is 29.9 Å². The fraction of sp³-hybridized carbons (Fsp3) is 0.353. The molecule has 5 nitrogen and oxygen atoms in total. The molecule has 0 aromatic carbocycles. The van der Waals surface area contributed by atoms with E-state index in [1.807, 2.05) is 12.3 Å². The molecule has 0 radical (unpaired) electrons. The molecular formula is C17H20N2O3. The Labute approximate surface area is 130 Å². The molecule has 5 heteroatoms. The summed E-state index contributed by atoms with van der Waals surface area (Å²) in [6.45, 7) is 0.532. The Balaban J connectivity index is 1.92. The molecule has 22 heavy (non-hydrogen) atoms. The number of allylic oxidation sites excluding steroid dienone is 4. The number of carbonyl (C=O) groups is 1. The molecule has 0 saturated carbocycles. The topological polar surface area (TPSA) is 50.8 Å². The molecular weight excluding hydrogens is 280 g/mol. The van der Waals surface area contributed by atoms with Crippen molar-refractivity contribution in [3.63, 3.8) is 0 Å². The number of carbonyl (C=O) groups excluding carboxylic acids is 1. The zero-order valence-corrected chi connectivity index (χ0v) is 13.1. The van der Waals surface area contributed by atoms with E-state index in [0.717, 1.165) is 12.0 Å². The van der Waals surface area contributed by atoms with Gasteiger partial charge in [0.1, 0.15) is 12.4 Å². The molecule has 0 spiro atoms. The van der Waals surface area contributed by atoms with Crippen LogP contribution in [0.25, 0.3) is 0 Å². The first kappa shape index (κ1) is 14.7. The van der Waals surface area contributed by atoms with E-state index in [4.69, 9.17) is 4.74 Å². The quantitative estimate of drug-likeness (QED) is 0.634. The minimum Gasteiger partial charge on any atom is -0.489 e. The average Bonchev–Trinajstić information content (AvgIpc) is 2.78. The number of nitrogens with zero attached hydrogens (tertiary/aromatic N) is 1. The van der Waals surface area contributed by atoms with E-state index in [2.05, 4.69) is 35.2 Å². The van der Waals surface area contributed by atoms with Gasteiger partial charge in [-0.1, -0.05) is 0 Å². The Morgan fingerprint density at radius 1 is 1.45 bits per heavy atom. The van der Waals surface area contributed by atoms with Gasteiger partial charge in [0.2, 0.25) is 0 Å². The van der Waals surface area contributed by atoms with Gasteiger partial charge >= 0.3 is 5.97 Å². The Bertz CT molecular complexity index is 651. The maximum absolute atomic E-state index is 11.2. The van der Waals surface area contributed by atoms with Crippen LogP contribution in [0.3, 0.4) is 0 Å². The van der Waals surface area contributed by atoms with Crippen molar-refractivity contribution in [2.24, 2.45) is 0 Å². The van der Waals surface area contributed by atoms with E-state index in [9.17, 15) is 4.79 Å².